The molecule has 2 heterocycles. The molecule has 0 aliphatic carbocycles. The zero-order chi connectivity index (χ0) is 15.4. The van der Waals surface area contributed by atoms with Crippen molar-refractivity contribution in [1.82, 2.24) is 9.97 Å². The number of rotatable bonds is 4. The normalized spacial score (nSPS) is 16.0. The van der Waals surface area contributed by atoms with E-state index in [-0.39, 0.29) is 5.82 Å². The number of nitrogens with zero attached hydrogens (tertiary/aromatic N) is 3. The predicted octanol–water partition coefficient (Wildman–Crippen LogP) is 4.14. The van der Waals surface area contributed by atoms with E-state index in [1.54, 1.807) is 30.2 Å². The van der Waals surface area contributed by atoms with Crippen LogP contribution in [0.2, 0.25) is 0 Å². The van der Waals surface area contributed by atoms with Crippen LogP contribution in [0, 0.1) is 11.7 Å². The summed E-state index contributed by atoms with van der Waals surface area (Å²) in [6.45, 7) is 4.43. The van der Waals surface area contributed by atoms with E-state index in [1.165, 1.54) is 18.9 Å². The molecule has 1 fully saturated rings. The average Bonchev–Trinajstić information content (AvgIpc) is 2.54. The van der Waals surface area contributed by atoms with E-state index < -0.39 is 0 Å². The molecule has 1 aliphatic heterocycles. The molecule has 2 aromatic rings. The maximum atomic E-state index is 13.2. The molecule has 0 saturated carbocycles. The molecule has 1 aromatic heterocycles. The van der Waals surface area contributed by atoms with Crippen molar-refractivity contribution in [2.45, 2.75) is 30.5 Å². The quantitative estimate of drug-likeness (QED) is 0.626. The number of piperidine rings is 1. The first kappa shape index (κ1) is 15.3. The summed E-state index contributed by atoms with van der Waals surface area (Å²) in [6, 6.07) is 8.76. The lowest BCUT2D eigenvalue weighted by atomic mass is 9.99. The summed E-state index contributed by atoms with van der Waals surface area (Å²) >= 11 is 1.62. The van der Waals surface area contributed by atoms with Gasteiger partial charge in [0.25, 0.3) is 0 Å². The lowest BCUT2D eigenvalue weighted by Crippen LogP contribution is -2.33. The van der Waals surface area contributed by atoms with E-state index in [9.17, 15) is 4.39 Å². The Bertz CT molecular complexity index is 627. The van der Waals surface area contributed by atoms with Crippen molar-refractivity contribution < 1.29 is 4.39 Å². The molecule has 0 bridgehead atoms. The molecule has 0 spiro atoms. The molecule has 3 nitrogen and oxygen atoms in total. The van der Waals surface area contributed by atoms with Gasteiger partial charge in [0, 0.05) is 24.9 Å². The number of anilines is 1. The Balaban J connectivity index is 1.64. The maximum Gasteiger partial charge on any atom is 0.133 e. The zero-order valence-corrected chi connectivity index (χ0v) is 13.5. The topological polar surface area (TPSA) is 29.0 Å². The van der Waals surface area contributed by atoms with Gasteiger partial charge < -0.3 is 4.90 Å². The third-order valence-electron chi connectivity index (χ3n) is 4.01. The first-order chi connectivity index (χ1) is 10.7. The number of halogens is 1. The minimum absolute atomic E-state index is 0.191. The number of hydrogen-bond donors (Lipinski definition) is 0. The largest absolute Gasteiger partial charge is 0.356 e. The number of benzene rings is 1. The van der Waals surface area contributed by atoms with Gasteiger partial charge >= 0.3 is 0 Å². The van der Waals surface area contributed by atoms with Gasteiger partial charge in [-0.3, -0.25) is 0 Å². The Kier molecular flexibility index (Phi) is 4.93. The summed E-state index contributed by atoms with van der Waals surface area (Å²) in [7, 11) is 0. The van der Waals surface area contributed by atoms with Gasteiger partial charge in [0.1, 0.15) is 23.0 Å². The summed E-state index contributed by atoms with van der Waals surface area (Å²) in [5.41, 5.74) is 0.969. The lowest BCUT2D eigenvalue weighted by molar-refractivity contribution is 0.436. The molecular weight excluding hydrogens is 297 g/mol. The van der Waals surface area contributed by atoms with E-state index in [0.717, 1.165) is 35.4 Å². The third kappa shape index (κ3) is 3.97. The summed E-state index contributed by atoms with van der Waals surface area (Å²) in [5.74, 6) is 2.33. The van der Waals surface area contributed by atoms with Crippen LogP contribution in [0.1, 0.15) is 25.3 Å². The fraction of sp³-hybridized carbons (Fsp3) is 0.412. The highest BCUT2D eigenvalue weighted by Gasteiger charge is 2.17. The molecule has 116 valence electrons. The zero-order valence-electron chi connectivity index (χ0n) is 12.7. The molecule has 0 radical (unpaired) electrons. The number of hydrogen-bond acceptors (Lipinski definition) is 4. The first-order valence-corrected chi connectivity index (χ1v) is 8.63. The van der Waals surface area contributed by atoms with Crippen LogP contribution in [0.5, 0.6) is 0 Å². The summed E-state index contributed by atoms with van der Waals surface area (Å²) in [4.78, 5) is 11.0. The van der Waals surface area contributed by atoms with Crippen molar-refractivity contribution in [2.24, 2.45) is 5.92 Å². The second kappa shape index (κ2) is 7.09. The minimum atomic E-state index is -0.191. The highest BCUT2D eigenvalue weighted by Crippen LogP contribution is 2.26. The minimum Gasteiger partial charge on any atom is -0.356 e. The second-order valence-electron chi connectivity index (χ2n) is 5.80. The van der Waals surface area contributed by atoms with Crippen LogP contribution >= 0.6 is 11.8 Å². The van der Waals surface area contributed by atoms with Crippen molar-refractivity contribution in [1.29, 1.82) is 0 Å². The number of thioether (sulfide) groups is 1. The SMILES string of the molecule is CC1CCN(c2cc(SCc3cccc(F)c3)ncn2)CC1. The highest BCUT2D eigenvalue weighted by atomic mass is 32.2. The molecule has 22 heavy (non-hydrogen) atoms. The molecule has 5 heteroatoms. The molecule has 1 aliphatic rings. The van der Waals surface area contributed by atoms with Crippen LogP contribution in [0.25, 0.3) is 0 Å². The molecule has 0 amide bonds. The van der Waals surface area contributed by atoms with Crippen LogP contribution in [-0.4, -0.2) is 23.1 Å². The Morgan fingerprint density at radius 2 is 2.05 bits per heavy atom. The van der Waals surface area contributed by atoms with Crippen LogP contribution in [0.3, 0.4) is 0 Å². The van der Waals surface area contributed by atoms with Gasteiger partial charge in [-0.15, -0.1) is 11.8 Å². The van der Waals surface area contributed by atoms with Gasteiger partial charge in [-0.05, 0) is 36.5 Å². The Labute approximate surface area is 135 Å². The van der Waals surface area contributed by atoms with Crippen LogP contribution in [-0.2, 0) is 5.75 Å². The van der Waals surface area contributed by atoms with E-state index in [2.05, 4.69) is 21.8 Å². The molecule has 3 rings (SSSR count). The van der Waals surface area contributed by atoms with Crippen LogP contribution < -0.4 is 4.90 Å². The molecule has 1 saturated heterocycles. The first-order valence-electron chi connectivity index (χ1n) is 7.65. The summed E-state index contributed by atoms with van der Waals surface area (Å²) in [5, 5.41) is 0.938. The lowest BCUT2D eigenvalue weighted by Gasteiger charge is -2.31. The maximum absolute atomic E-state index is 13.2. The second-order valence-corrected chi connectivity index (χ2v) is 6.80. The van der Waals surface area contributed by atoms with Crippen molar-refractivity contribution >= 4 is 17.6 Å². The number of aromatic nitrogens is 2. The Morgan fingerprint density at radius 3 is 2.82 bits per heavy atom. The predicted molar refractivity (Wildman–Crippen MR) is 88.6 cm³/mol. The Morgan fingerprint density at radius 1 is 1.23 bits per heavy atom. The molecule has 0 N–H and O–H groups in total. The highest BCUT2D eigenvalue weighted by molar-refractivity contribution is 7.98. The average molecular weight is 317 g/mol. The summed E-state index contributed by atoms with van der Waals surface area (Å²) < 4.78 is 13.2. The fourth-order valence-electron chi connectivity index (χ4n) is 2.60. The van der Waals surface area contributed by atoms with Gasteiger partial charge in [0.05, 0.1) is 0 Å². The third-order valence-corrected chi connectivity index (χ3v) is 5.01. The van der Waals surface area contributed by atoms with E-state index >= 15 is 0 Å². The van der Waals surface area contributed by atoms with Crippen LogP contribution in [0.4, 0.5) is 10.2 Å². The smallest absolute Gasteiger partial charge is 0.133 e. The van der Waals surface area contributed by atoms with Crippen molar-refractivity contribution in [3.8, 4) is 0 Å². The molecule has 0 atom stereocenters. The monoisotopic (exact) mass is 317 g/mol. The summed E-state index contributed by atoms with van der Waals surface area (Å²) in [6.07, 6.45) is 4.06. The van der Waals surface area contributed by atoms with E-state index in [4.69, 9.17) is 0 Å². The Hall–Kier alpha value is -1.62. The van der Waals surface area contributed by atoms with Gasteiger partial charge in [-0.25, -0.2) is 14.4 Å². The van der Waals surface area contributed by atoms with Crippen molar-refractivity contribution in [2.75, 3.05) is 18.0 Å². The fourth-order valence-corrected chi connectivity index (χ4v) is 3.41. The van der Waals surface area contributed by atoms with Crippen LogP contribution in [0.15, 0.2) is 41.7 Å². The van der Waals surface area contributed by atoms with Gasteiger partial charge in [-0.2, -0.15) is 0 Å². The van der Waals surface area contributed by atoms with E-state index in [0.29, 0.717) is 5.75 Å². The standard InChI is InChI=1S/C17H20FN3S/c1-13-5-7-21(8-6-13)16-10-17(20-12-19-16)22-11-14-3-2-4-15(18)9-14/h2-4,9-10,12-13H,5-8,11H2,1H3. The van der Waals surface area contributed by atoms with E-state index in [1.807, 2.05) is 12.1 Å². The van der Waals surface area contributed by atoms with Gasteiger partial charge in [-0.1, -0.05) is 19.1 Å². The molecule has 0 unspecified atom stereocenters. The molecule has 1 aromatic carbocycles. The molecular formula is C17H20FN3S. The van der Waals surface area contributed by atoms with Crippen molar-refractivity contribution in [3.05, 3.63) is 48.0 Å². The van der Waals surface area contributed by atoms with Gasteiger partial charge in [0.15, 0.2) is 0 Å². The van der Waals surface area contributed by atoms with Gasteiger partial charge in [0.2, 0.25) is 0 Å². The van der Waals surface area contributed by atoms with Crippen molar-refractivity contribution in [3.63, 3.8) is 0 Å².